The standard InChI is InChI=1S/C10H5ClF4N2S/c11-5-2-1-3-6(12)9(5)17-8(18)4-7(16-17)10(13,14)15/h1-4,16H. The van der Waals surface area contributed by atoms with Crippen molar-refractivity contribution < 1.29 is 17.6 Å². The predicted octanol–water partition coefficient (Wildman–Crippen LogP) is 4.35. The Morgan fingerprint density at radius 3 is 2.44 bits per heavy atom. The van der Waals surface area contributed by atoms with Gasteiger partial charge in [-0.3, -0.25) is 5.10 Å². The second-order valence-corrected chi connectivity index (χ2v) is 4.24. The van der Waals surface area contributed by atoms with Gasteiger partial charge in [-0.15, -0.1) is 0 Å². The molecule has 2 rings (SSSR count). The fourth-order valence-corrected chi connectivity index (χ4v) is 1.91. The zero-order valence-electron chi connectivity index (χ0n) is 8.55. The van der Waals surface area contributed by atoms with Crippen LogP contribution in [0.2, 0.25) is 5.02 Å². The number of nitrogens with zero attached hydrogens (tertiary/aromatic N) is 1. The summed E-state index contributed by atoms with van der Waals surface area (Å²) >= 11 is 10.5. The van der Waals surface area contributed by atoms with Gasteiger partial charge in [-0.2, -0.15) is 13.2 Å². The van der Waals surface area contributed by atoms with E-state index in [0.29, 0.717) is 6.07 Å². The Bertz CT molecular complexity index is 624. The molecular weight excluding hydrogens is 292 g/mol. The maximum Gasteiger partial charge on any atom is 0.432 e. The molecule has 0 unspecified atom stereocenters. The van der Waals surface area contributed by atoms with E-state index in [1.165, 1.54) is 12.1 Å². The van der Waals surface area contributed by atoms with E-state index in [9.17, 15) is 17.6 Å². The van der Waals surface area contributed by atoms with Crippen molar-refractivity contribution >= 4 is 23.8 Å². The second-order valence-electron chi connectivity index (χ2n) is 3.41. The maximum absolute atomic E-state index is 13.6. The lowest BCUT2D eigenvalue weighted by Crippen LogP contribution is -2.08. The quantitative estimate of drug-likeness (QED) is 0.613. The van der Waals surface area contributed by atoms with Gasteiger partial charge in [0.05, 0.1) is 5.02 Å². The number of para-hydroxylation sites is 1. The lowest BCUT2D eigenvalue weighted by atomic mass is 10.3. The fraction of sp³-hybridized carbons (Fsp3) is 0.100. The van der Waals surface area contributed by atoms with Crippen LogP contribution in [0, 0.1) is 10.5 Å². The van der Waals surface area contributed by atoms with Gasteiger partial charge in [-0.1, -0.05) is 29.9 Å². The first-order valence-electron chi connectivity index (χ1n) is 4.64. The molecule has 0 aliphatic rings. The Balaban J connectivity index is 2.66. The maximum atomic E-state index is 13.6. The number of aromatic nitrogens is 2. The summed E-state index contributed by atoms with van der Waals surface area (Å²) in [6.07, 6.45) is -4.59. The van der Waals surface area contributed by atoms with E-state index in [1.54, 1.807) is 0 Å². The number of H-pyrrole nitrogens is 1. The fourth-order valence-electron chi connectivity index (χ4n) is 1.41. The van der Waals surface area contributed by atoms with Crippen LogP contribution in [0.1, 0.15) is 5.69 Å². The van der Waals surface area contributed by atoms with Crippen LogP contribution in [0.15, 0.2) is 24.3 Å². The van der Waals surface area contributed by atoms with Gasteiger partial charge in [-0.25, -0.2) is 9.07 Å². The lowest BCUT2D eigenvalue weighted by Gasteiger charge is -2.07. The molecule has 8 heteroatoms. The number of hydrogen-bond donors (Lipinski definition) is 1. The molecule has 1 aromatic heterocycles. The molecule has 0 saturated carbocycles. The van der Waals surface area contributed by atoms with Crippen LogP contribution in [0.5, 0.6) is 0 Å². The highest BCUT2D eigenvalue weighted by atomic mass is 35.5. The summed E-state index contributed by atoms with van der Waals surface area (Å²) in [5.74, 6) is -0.769. The average molecular weight is 297 g/mol. The van der Waals surface area contributed by atoms with E-state index >= 15 is 0 Å². The Hall–Kier alpha value is -1.34. The Labute approximate surface area is 109 Å². The van der Waals surface area contributed by atoms with Gasteiger partial charge in [-0.05, 0) is 12.1 Å². The van der Waals surface area contributed by atoms with Crippen LogP contribution in [0.25, 0.3) is 5.69 Å². The first kappa shape index (κ1) is 13.1. The number of nitrogens with one attached hydrogen (secondary N) is 1. The van der Waals surface area contributed by atoms with E-state index in [-0.39, 0.29) is 15.4 Å². The third kappa shape index (κ3) is 2.28. The monoisotopic (exact) mass is 296 g/mol. The van der Waals surface area contributed by atoms with E-state index < -0.39 is 17.7 Å². The van der Waals surface area contributed by atoms with Gasteiger partial charge in [0.2, 0.25) is 0 Å². The molecule has 2 aromatic rings. The first-order valence-corrected chi connectivity index (χ1v) is 5.43. The zero-order chi connectivity index (χ0) is 13.5. The van der Waals surface area contributed by atoms with Gasteiger partial charge >= 0.3 is 6.18 Å². The summed E-state index contributed by atoms with van der Waals surface area (Å²) < 4.78 is 51.6. The minimum absolute atomic E-state index is 0.0401. The van der Waals surface area contributed by atoms with E-state index in [0.717, 1.165) is 10.7 Å². The van der Waals surface area contributed by atoms with Crippen LogP contribution in [-0.4, -0.2) is 9.78 Å². The van der Waals surface area contributed by atoms with Gasteiger partial charge in [0.1, 0.15) is 21.8 Å². The topological polar surface area (TPSA) is 20.7 Å². The Kier molecular flexibility index (Phi) is 3.20. The van der Waals surface area contributed by atoms with Crippen molar-refractivity contribution in [2.24, 2.45) is 0 Å². The van der Waals surface area contributed by atoms with Crippen LogP contribution < -0.4 is 0 Å². The molecule has 0 bridgehead atoms. The molecule has 1 N–H and O–H groups in total. The van der Waals surface area contributed by atoms with Crippen LogP contribution >= 0.6 is 23.8 Å². The molecule has 0 saturated heterocycles. The second kappa shape index (κ2) is 4.40. The van der Waals surface area contributed by atoms with E-state index in [2.05, 4.69) is 0 Å². The van der Waals surface area contributed by atoms with Gasteiger partial charge < -0.3 is 0 Å². The highest BCUT2D eigenvalue weighted by Gasteiger charge is 2.33. The average Bonchev–Trinajstić information content (AvgIpc) is 2.60. The summed E-state index contributed by atoms with van der Waals surface area (Å²) in [7, 11) is 0. The molecule has 0 atom stereocenters. The summed E-state index contributed by atoms with van der Waals surface area (Å²) in [6.45, 7) is 0. The number of alkyl halides is 3. The van der Waals surface area contributed by atoms with Crippen molar-refractivity contribution in [1.29, 1.82) is 0 Å². The van der Waals surface area contributed by atoms with Crippen molar-refractivity contribution in [3.63, 3.8) is 0 Å². The molecular formula is C10H5ClF4N2S. The summed E-state index contributed by atoms with van der Waals surface area (Å²) in [6, 6.07) is 4.49. The highest BCUT2D eigenvalue weighted by Crippen LogP contribution is 2.30. The molecule has 0 aliphatic carbocycles. The smallest absolute Gasteiger partial charge is 0.288 e. The van der Waals surface area contributed by atoms with Crippen molar-refractivity contribution in [3.05, 3.63) is 45.4 Å². The number of aromatic amines is 1. The minimum atomic E-state index is -4.59. The molecule has 0 fully saturated rings. The molecule has 0 spiro atoms. The number of halogens is 5. The molecule has 96 valence electrons. The first-order chi connectivity index (χ1) is 8.30. The van der Waals surface area contributed by atoms with Crippen molar-refractivity contribution in [2.45, 2.75) is 6.18 Å². The van der Waals surface area contributed by atoms with Crippen molar-refractivity contribution in [1.82, 2.24) is 9.78 Å². The predicted molar refractivity (Wildman–Crippen MR) is 60.9 cm³/mol. The van der Waals surface area contributed by atoms with Crippen LogP contribution in [0.4, 0.5) is 17.6 Å². The van der Waals surface area contributed by atoms with Crippen molar-refractivity contribution in [3.8, 4) is 5.69 Å². The minimum Gasteiger partial charge on any atom is -0.288 e. The van der Waals surface area contributed by atoms with Gasteiger partial charge in [0, 0.05) is 6.07 Å². The number of rotatable bonds is 1. The molecule has 0 radical (unpaired) electrons. The molecule has 2 nitrogen and oxygen atoms in total. The van der Waals surface area contributed by atoms with Gasteiger partial charge in [0.25, 0.3) is 0 Å². The molecule has 18 heavy (non-hydrogen) atoms. The third-order valence-corrected chi connectivity index (χ3v) is 2.79. The zero-order valence-corrected chi connectivity index (χ0v) is 10.1. The highest BCUT2D eigenvalue weighted by molar-refractivity contribution is 7.71. The van der Waals surface area contributed by atoms with Crippen molar-refractivity contribution in [2.75, 3.05) is 0 Å². The number of benzene rings is 1. The summed E-state index contributed by atoms with van der Waals surface area (Å²) in [5, 5.41) is 1.94. The van der Waals surface area contributed by atoms with E-state index in [1.807, 2.05) is 5.10 Å². The van der Waals surface area contributed by atoms with Crippen LogP contribution in [0.3, 0.4) is 0 Å². The van der Waals surface area contributed by atoms with Crippen LogP contribution in [-0.2, 0) is 6.18 Å². The van der Waals surface area contributed by atoms with E-state index in [4.69, 9.17) is 23.8 Å². The molecule has 1 aromatic carbocycles. The molecule has 1 heterocycles. The third-order valence-electron chi connectivity index (χ3n) is 2.19. The number of hydrogen-bond acceptors (Lipinski definition) is 1. The Morgan fingerprint density at radius 2 is 1.94 bits per heavy atom. The molecule has 0 amide bonds. The summed E-state index contributed by atoms with van der Waals surface area (Å²) in [4.78, 5) is 0. The normalized spacial score (nSPS) is 11.8. The largest absolute Gasteiger partial charge is 0.432 e. The molecule has 0 aliphatic heterocycles. The summed E-state index contributed by atoms with van der Waals surface area (Å²) in [5.41, 5.74) is -1.30. The van der Waals surface area contributed by atoms with Gasteiger partial charge in [0.15, 0.2) is 0 Å². The Morgan fingerprint density at radius 1 is 1.28 bits per heavy atom. The SMILES string of the molecule is Fc1cccc(Cl)c1-n1[nH]c(C(F)(F)F)cc1=S. The lowest BCUT2D eigenvalue weighted by molar-refractivity contribution is -0.141.